The standard InChI is InChI=1S/C21H28O/c1-14(2)8-7-9-18-16(5)10-11-17-12-19(15(3)4)21(22-6)13-20(17)18/h8,10-13,15H,7,9H2,1-6H3. The fourth-order valence-corrected chi connectivity index (χ4v) is 3.01. The summed E-state index contributed by atoms with van der Waals surface area (Å²) in [6.45, 7) is 11.0. The first kappa shape index (κ1) is 16.6. The summed E-state index contributed by atoms with van der Waals surface area (Å²) in [7, 11) is 1.77. The van der Waals surface area contributed by atoms with Gasteiger partial charge in [0.2, 0.25) is 0 Å². The van der Waals surface area contributed by atoms with Gasteiger partial charge in [-0.1, -0.05) is 37.6 Å². The van der Waals surface area contributed by atoms with Crippen molar-refractivity contribution in [1.29, 1.82) is 0 Å². The van der Waals surface area contributed by atoms with E-state index in [9.17, 15) is 0 Å². The van der Waals surface area contributed by atoms with Crippen molar-refractivity contribution < 1.29 is 4.74 Å². The van der Waals surface area contributed by atoms with Crippen molar-refractivity contribution in [3.05, 3.63) is 52.6 Å². The lowest BCUT2D eigenvalue weighted by Crippen LogP contribution is -1.97. The molecule has 2 rings (SSSR count). The van der Waals surface area contributed by atoms with Crippen LogP contribution in [0.25, 0.3) is 10.8 Å². The number of hydrogen-bond acceptors (Lipinski definition) is 1. The zero-order valence-electron chi connectivity index (χ0n) is 14.8. The molecule has 0 amide bonds. The van der Waals surface area contributed by atoms with Gasteiger partial charge in [0.15, 0.2) is 0 Å². The van der Waals surface area contributed by atoms with E-state index in [2.05, 4.69) is 65.0 Å². The largest absolute Gasteiger partial charge is 0.496 e. The second-order valence-electron chi connectivity index (χ2n) is 6.65. The molecule has 1 heteroatoms. The minimum absolute atomic E-state index is 0.467. The van der Waals surface area contributed by atoms with Gasteiger partial charge < -0.3 is 4.74 Å². The van der Waals surface area contributed by atoms with Crippen molar-refractivity contribution in [3.8, 4) is 5.75 Å². The summed E-state index contributed by atoms with van der Waals surface area (Å²) in [6.07, 6.45) is 4.49. The van der Waals surface area contributed by atoms with Gasteiger partial charge in [0.05, 0.1) is 7.11 Å². The van der Waals surface area contributed by atoms with E-state index in [4.69, 9.17) is 4.74 Å². The molecule has 0 N–H and O–H groups in total. The highest BCUT2D eigenvalue weighted by molar-refractivity contribution is 5.89. The molecule has 0 fully saturated rings. The Morgan fingerprint density at radius 2 is 1.91 bits per heavy atom. The fraction of sp³-hybridized carbons (Fsp3) is 0.429. The summed E-state index contributed by atoms with van der Waals surface area (Å²) >= 11 is 0. The zero-order chi connectivity index (χ0) is 16.3. The maximum atomic E-state index is 5.64. The molecule has 0 aromatic heterocycles. The summed E-state index contributed by atoms with van der Waals surface area (Å²) in [5, 5.41) is 2.66. The number of fused-ring (bicyclic) bond motifs is 1. The molecule has 0 saturated heterocycles. The lowest BCUT2D eigenvalue weighted by Gasteiger charge is -2.16. The third kappa shape index (κ3) is 3.52. The van der Waals surface area contributed by atoms with Crippen molar-refractivity contribution in [2.75, 3.05) is 7.11 Å². The first-order valence-corrected chi connectivity index (χ1v) is 8.17. The van der Waals surface area contributed by atoms with Crippen LogP contribution in [0.1, 0.15) is 56.7 Å². The fourth-order valence-electron chi connectivity index (χ4n) is 3.01. The minimum Gasteiger partial charge on any atom is -0.496 e. The average molecular weight is 296 g/mol. The smallest absolute Gasteiger partial charge is 0.122 e. The molecule has 0 unspecified atom stereocenters. The molecule has 118 valence electrons. The van der Waals surface area contributed by atoms with Crippen LogP contribution in [0.15, 0.2) is 35.9 Å². The number of hydrogen-bond donors (Lipinski definition) is 0. The second-order valence-corrected chi connectivity index (χ2v) is 6.65. The van der Waals surface area contributed by atoms with Crippen molar-refractivity contribution in [3.63, 3.8) is 0 Å². The van der Waals surface area contributed by atoms with E-state index in [1.807, 2.05) is 0 Å². The van der Waals surface area contributed by atoms with Crippen LogP contribution in [0, 0.1) is 6.92 Å². The van der Waals surface area contributed by atoms with Crippen LogP contribution in [0.5, 0.6) is 5.75 Å². The molecule has 22 heavy (non-hydrogen) atoms. The Bertz CT molecular complexity index is 689. The Balaban J connectivity index is 2.55. The van der Waals surface area contributed by atoms with Crippen LogP contribution in [0.4, 0.5) is 0 Å². The molecule has 0 aliphatic carbocycles. The third-order valence-corrected chi connectivity index (χ3v) is 4.28. The van der Waals surface area contributed by atoms with Gasteiger partial charge >= 0.3 is 0 Å². The zero-order valence-corrected chi connectivity index (χ0v) is 14.8. The lowest BCUT2D eigenvalue weighted by atomic mass is 9.92. The molecule has 0 spiro atoms. The Morgan fingerprint density at radius 3 is 2.50 bits per heavy atom. The first-order valence-electron chi connectivity index (χ1n) is 8.17. The van der Waals surface area contributed by atoms with Crippen LogP contribution < -0.4 is 4.74 Å². The summed E-state index contributed by atoms with van der Waals surface area (Å²) in [5.74, 6) is 1.48. The Labute approximate surface area is 135 Å². The van der Waals surface area contributed by atoms with E-state index in [0.717, 1.165) is 18.6 Å². The van der Waals surface area contributed by atoms with Crippen molar-refractivity contribution >= 4 is 10.8 Å². The molecule has 0 heterocycles. The van der Waals surface area contributed by atoms with Gasteiger partial charge in [0.1, 0.15) is 5.75 Å². The van der Waals surface area contributed by atoms with E-state index in [0.29, 0.717) is 5.92 Å². The molecule has 0 bridgehead atoms. The van der Waals surface area contributed by atoms with Crippen LogP contribution >= 0.6 is 0 Å². The average Bonchev–Trinajstić information content (AvgIpc) is 2.47. The molecule has 2 aromatic carbocycles. The monoisotopic (exact) mass is 296 g/mol. The van der Waals surface area contributed by atoms with Crippen LogP contribution in [-0.2, 0) is 6.42 Å². The van der Waals surface area contributed by atoms with Crippen LogP contribution in [-0.4, -0.2) is 7.11 Å². The molecule has 0 aliphatic heterocycles. The van der Waals surface area contributed by atoms with Gasteiger partial charge in [0, 0.05) is 0 Å². The highest BCUT2D eigenvalue weighted by Gasteiger charge is 2.12. The Kier molecular flexibility index (Phi) is 5.28. The number of allylic oxidation sites excluding steroid dienone is 2. The quantitative estimate of drug-likeness (QED) is 0.599. The number of methoxy groups -OCH3 is 1. The third-order valence-electron chi connectivity index (χ3n) is 4.28. The Hall–Kier alpha value is -1.76. The van der Waals surface area contributed by atoms with Gasteiger partial charge in [-0.2, -0.15) is 0 Å². The van der Waals surface area contributed by atoms with Crippen molar-refractivity contribution in [2.24, 2.45) is 0 Å². The predicted molar refractivity (Wildman–Crippen MR) is 97.1 cm³/mol. The molecular formula is C21H28O. The SMILES string of the molecule is COc1cc2c(CCC=C(C)C)c(C)ccc2cc1C(C)C. The summed E-state index contributed by atoms with van der Waals surface area (Å²) in [6, 6.07) is 9.01. The summed E-state index contributed by atoms with van der Waals surface area (Å²) < 4.78 is 5.64. The predicted octanol–water partition coefficient (Wildman–Crippen LogP) is 6.18. The number of rotatable bonds is 5. The maximum absolute atomic E-state index is 5.64. The first-order chi connectivity index (χ1) is 10.4. The topological polar surface area (TPSA) is 9.23 Å². The molecule has 1 nitrogen and oxygen atoms in total. The highest BCUT2D eigenvalue weighted by Crippen LogP contribution is 2.34. The van der Waals surface area contributed by atoms with Crippen LogP contribution in [0.2, 0.25) is 0 Å². The maximum Gasteiger partial charge on any atom is 0.122 e. The van der Waals surface area contributed by atoms with Gasteiger partial charge in [-0.05, 0) is 79.1 Å². The molecule has 0 radical (unpaired) electrons. The number of ether oxygens (including phenoxy) is 1. The van der Waals surface area contributed by atoms with E-state index < -0.39 is 0 Å². The van der Waals surface area contributed by atoms with Gasteiger partial charge in [-0.25, -0.2) is 0 Å². The van der Waals surface area contributed by atoms with Crippen LogP contribution in [0.3, 0.4) is 0 Å². The van der Waals surface area contributed by atoms with E-state index in [-0.39, 0.29) is 0 Å². The lowest BCUT2D eigenvalue weighted by molar-refractivity contribution is 0.408. The highest BCUT2D eigenvalue weighted by atomic mass is 16.5. The number of benzene rings is 2. The van der Waals surface area contributed by atoms with Crippen molar-refractivity contribution in [1.82, 2.24) is 0 Å². The normalized spacial score (nSPS) is 11.0. The van der Waals surface area contributed by atoms with E-state index >= 15 is 0 Å². The second kappa shape index (κ2) is 7.00. The molecule has 0 atom stereocenters. The Morgan fingerprint density at radius 1 is 1.18 bits per heavy atom. The van der Waals surface area contributed by atoms with Gasteiger partial charge in [-0.3, -0.25) is 0 Å². The van der Waals surface area contributed by atoms with Gasteiger partial charge in [0.25, 0.3) is 0 Å². The van der Waals surface area contributed by atoms with Crippen molar-refractivity contribution in [2.45, 2.75) is 53.4 Å². The van der Waals surface area contributed by atoms with E-state index in [1.165, 1.54) is 33.0 Å². The number of aryl methyl sites for hydroxylation is 2. The van der Waals surface area contributed by atoms with Gasteiger partial charge in [-0.15, -0.1) is 0 Å². The minimum atomic E-state index is 0.467. The molecule has 0 saturated carbocycles. The summed E-state index contributed by atoms with van der Waals surface area (Å²) in [4.78, 5) is 0. The molecular weight excluding hydrogens is 268 g/mol. The molecule has 0 aliphatic rings. The molecule has 2 aromatic rings. The summed E-state index contributed by atoms with van der Waals surface area (Å²) in [5.41, 5.74) is 5.49. The van der Waals surface area contributed by atoms with E-state index in [1.54, 1.807) is 7.11 Å².